The zero-order chi connectivity index (χ0) is 25.9. The lowest BCUT2D eigenvalue weighted by molar-refractivity contribution is 0.0314. The van der Waals surface area contributed by atoms with Gasteiger partial charge >= 0.3 is 0 Å². The number of methoxy groups -OCH3 is 1. The van der Waals surface area contributed by atoms with Crippen LogP contribution in [0.15, 0.2) is 45.6 Å². The van der Waals surface area contributed by atoms with Crippen molar-refractivity contribution in [3.8, 4) is 17.2 Å². The third kappa shape index (κ3) is 4.76. The summed E-state index contributed by atoms with van der Waals surface area (Å²) >= 11 is 0. The normalized spacial score (nSPS) is 17.8. The fourth-order valence-electron chi connectivity index (χ4n) is 5.01. The van der Waals surface area contributed by atoms with Crippen LogP contribution in [0.4, 0.5) is 0 Å². The van der Waals surface area contributed by atoms with E-state index in [2.05, 4.69) is 4.90 Å². The Kier molecular flexibility index (Phi) is 7.34. The van der Waals surface area contributed by atoms with Crippen molar-refractivity contribution in [2.24, 2.45) is 0 Å². The largest absolute Gasteiger partial charge is 0.497 e. The van der Waals surface area contributed by atoms with Crippen molar-refractivity contribution in [2.45, 2.75) is 19.9 Å². The lowest BCUT2D eigenvalue weighted by Gasteiger charge is -2.31. The van der Waals surface area contributed by atoms with Crippen molar-refractivity contribution >= 4 is 16.9 Å². The van der Waals surface area contributed by atoms with Gasteiger partial charge in [0.05, 0.1) is 50.5 Å². The Bertz CT molecular complexity index is 1350. The maximum atomic E-state index is 13.8. The molecule has 0 aliphatic carbocycles. The molecule has 1 saturated heterocycles. The molecule has 0 radical (unpaired) electrons. The second-order valence-electron chi connectivity index (χ2n) is 8.96. The monoisotopic (exact) mass is 508 g/mol. The maximum absolute atomic E-state index is 13.8. The van der Waals surface area contributed by atoms with Gasteiger partial charge in [0.2, 0.25) is 5.76 Å². The van der Waals surface area contributed by atoms with Gasteiger partial charge in [0, 0.05) is 32.2 Å². The van der Waals surface area contributed by atoms with E-state index >= 15 is 0 Å². The van der Waals surface area contributed by atoms with Crippen LogP contribution in [0.1, 0.15) is 41.6 Å². The van der Waals surface area contributed by atoms with Crippen LogP contribution >= 0.6 is 0 Å². The summed E-state index contributed by atoms with van der Waals surface area (Å²) in [6, 6.07) is 10.0. The Labute approximate surface area is 215 Å². The zero-order valence-corrected chi connectivity index (χ0v) is 21.5. The minimum atomic E-state index is -0.610. The molecule has 2 aromatic carbocycles. The van der Waals surface area contributed by atoms with E-state index in [1.807, 2.05) is 32.0 Å². The highest BCUT2D eigenvalue weighted by molar-refractivity contribution is 5.99. The number of nitrogens with zero attached hydrogens (tertiary/aromatic N) is 2. The summed E-state index contributed by atoms with van der Waals surface area (Å²) in [5.41, 5.74) is 1.21. The number of carbonyl (C=O) groups excluding carboxylic acids is 1. The van der Waals surface area contributed by atoms with E-state index in [1.54, 1.807) is 30.2 Å². The Balaban J connectivity index is 1.62. The van der Waals surface area contributed by atoms with Crippen molar-refractivity contribution in [3.63, 3.8) is 0 Å². The molecule has 3 aromatic rings. The number of hydrogen-bond acceptors (Lipinski definition) is 8. The van der Waals surface area contributed by atoms with Crippen LogP contribution in [0.5, 0.6) is 17.2 Å². The number of amides is 1. The predicted octanol–water partition coefficient (Wildman–Crippen LogP) is 3.48. The minimum Gasteiger partial charge on any atom is -0.497 e. The Morgan fingerprint density at radius 1 is 0.946 bits per heavy atom. The Morgan fingerprint density at radius 3 is 2.43 bits per heavy atom. The van der Waals surface area contributed by atoms with Crippen LogP contribution in [0.25, 0.3) is 11.0 Å². The molecule has 5 rings (SSSR count). The second-order valence-corrected chi connectivity index (χ2v) is 8.96. The van der Waals surface area contributed by atoms with Crippen LogP contribution in [-0.4, -0.2) is 75.4 Å². The minimum absolute atomic E-state index is 0.0737. The third-order valence-electron chi connectivity index (χ3n) is 6.82. The first-order chi connectivity index (χ1) is 18.0. The molecule has 1 atom stereocenters. The van der Waals surface area contributed by atoms with E-state index in [1.165, 1.54) is 0 Å². The zero-order valence-electron chi connectivity index (χ0n) is 21.5. The molecular weight excluding hydrogens is 476 g/mol. The van der Waals surface area contributed by atoms with Gasteiger partial charge in [0.15, 0.2) is 16.9 Å². The standard InChI is InChI=1S/C28H32N2O7/c1-4-35-21-9-6-18(16-23(21)36-5-2)25-24-26(31)20-8-7-19(33-3)17-22(20)37-27(24)28(32)30(25)11-10-29-12-14-34-15-13-29/h6-9,16-17,25H,4-5,10-15H2,1-3H3. The first kappa shape index (κ1) is 25.1. The number of fused-ring (bicyclic) bond motifs is 2. The predicted molar refractivity (Wildman–Crippen MR) is 138 cm³/mol. The summed E-state index contributed by atoms with van der Waals surface area (Å²) < 4.78 is 28.4. The summed E-state index contributed by atoms with van der Waals surface area (Å²) in [6.07, 6.45) is 0. The van der Waals surface area contributed by atoms with Crippen molar-refractivity contribution in [3.05, 3.63) is 63.5 Å². The van der Waals surface area contributed by atoms with Gasteiger partial charge in [-0.2, -0.15) is 0 Å². The van der Waals surface area contributed by atoms with Gasteiger partial charge in [-0.1, -0.05) is 6.07 Å². The number of morpholine rings is 1. The molecule has 0 saturated carbocycles. The lowest BCUT2D eigenvalue weighted by atomic mass is 9.98. The molecule has 9 heteroatoms. The molecule has 37 heavy (non-hydrogen) atoms. The van der Waals surface area contributed by atoms with Crippen LogP contribution < -0.4 is 19.6 Å². The van der Waals surface area contributed by atoms with E-state index < -0.39 is 6.04 Å². The van der Waals surface area contributed by atoms with Crippen LogP contribution in [0, 0.1) is 0 Å². The average molecular weight is 509 g/mol. The van der Waals surface area contributed by atoms with Crippen LogP contribution in [0.2, 0.25) is 0 Å². The summed E-state index contributed by atoms with van der Waals surface area (Å²) in [5, 5.41) is 0.406. The number of carbonyl (C=O) groups is 1. The second kappa shape index (κ2) is 10.8. The molecule has 2 aliphatic heterocycles. The molecule has 0 N–H and O–H groups in total. The Hall–Kier alpha value is -3.56. The molecule has 3 heterocycles. The molecule has 0 spiro atoms. The Morgan fingerprint density at radius 2 is 1.70 bits per heavy atom. The van der Waals surface area contributed by atoms with Gasteiger partial charge in [0.1, 0.15) is 11.3 Å². The average Bonchev–Trinajstić information content (AvgIpc) is 3.20. The summed E-state index contributed by atoms with van der Waals surface area (Å²) in [7, 11) is 1.54. The number of rotatable bonds is 9. The molecule has 0 bridgehead atoms. The quantitative estimate of drug-likeness (QED) is 0.434. The first-order valence-corrected chi connectivity index (χ1v) is 12.7. The third-order valence-corrected chi connectivity index (χ3v) is 6.82. The van der Waals surface area contributed by atoms with Gasteiger partial charge in [-0.05, 0) is 43.7 Å². The van der Waals surface area contributed by atoms with E-state index in [0.29, 0.717) is 73.3 Å². The molecule has 1 fully saturated rings. The van der Waals surface area contributed by atoms with Gasteiger partial charge in [-0.15, -0.1) is 0 Å². The highest BCUT2D eigenvalue weighted by Crippen LogP contribution is 2.41. The summed E-state index contributed by atoms with van der Waals surface area (Å²) in [6.45, 7) is 8.81. The van der Waals surface area contributed by atoms with Crippen molar-refractivity contribution in [2.75, 3.05) is 59.7 Å². The summed E-state index contributed by atoms with van der Waals surface area (Å²) in [5.74, 6) is 1.52. The van der Waals surface area contributed by atoms with E-state index in [0.717, 1.165) is 18.7 Å². The molecule has 9 nitrogen and oxygen atoms in total. The first-order valence-electron chi connectivity index (χ1n) is 12.7. The molecule has 1 aromatic heterocycles. The molecular formula is C28H32N2O7. The molecule has 1 amide bonds. The van der Waals surface area contributed by atoms with Gasteiger partial charge in [-0.3, -0.25) is 14.5 Å². The fraction of sp³-hybridized carbons (Fsp3) is 0.429. The highest BCUT2D eigenvalue weighted by Gasteiger charge is 2.43. The summed E-state index contributed by atoms with van der Waals surface area (Å²) in [4.78, 5) is 31.6. The molecule has 2 aliphatic rings. The van der Waals surface area contributed by atoms with E-state index in [9.17, 15) is 9.59 Å². The van der Waals surface area contributed by atoms with E-state index in [4.69, 9.17) is 23.4 Å². The van der Waals surface area contributed by atoms with Crippen LogP contribution in [-0.2, 0) is 4.74 Å². The highest BCUT2D eigenvalue weighted by atomic mass is 16.5. The molecule has 1 unspecified atom stereocenters. The molecule has 196 valence electrons. The van der Waals surface area contributed by atoms with Crippen LogP contribution in [0.3, 0.4) is 0 Å². The fourth-order valence-corrected chi connectivity index (χ4v) is 5.01. The van der Waals surface area contributed by atoms with Gasteiger partial charge in [0.25, 0.3) is 5.91 Å². The number of ether oxygens (including phenoxy) is 4. The maximum Gasteiger partial charge on any atom is 0.290 e. The van der Waals surface area contributed by atoms with Crippen molar-refractivity contribution in [1.82, 2.24) is 9.80 Å². The smallest absolute Gasteiger partial charge is 0.290 e. The lowest BCUT2D eigenvalue weighted by Crippen LogP contribution is -2.42. The SMILES string of the molecule is CCOc1ccc(C2c3c(oc4cc(OC)ccc4c3=O)C(=O)N2CCN2CCOCC2)cc1OCC. The van der Waals surface area contributed by atoms with Crippen molar-refractivity contribution in [1.29, 1.82) is 0 Å². The van der Waals surface area contributed by atoms with Crippen molar-refractivity contribution < 1.29 is 28.2 Å². The van der Waals surface area contributed by atoms with Gasteiger partial charge < -0.3 is 28.3 Å². The van der Waals surface area contributed by atoms with Gasteiger partial charge in [-0.25, -0.2) is 0 Å². The van der Waals surface area contributed by atoms with E-state index in [-0.39, 0.29) is 17.1 Å². The topological polar surface area (TPSA) is 90.7 Å². The number of hydrogen-bond donors (Lipinski definition) is 0. The number of benzene rings is 2.